The van der Waals surface area contributed by atoms with E-state index < -0.39 is 0 Å². The van der Waals surface area contributed by atoms with E-state index in [9.17, 15) is 9.59 Å². The minimum absolute atomic E-state index is 0.0441. The number of piperidine rings is 1. The summed E-state index contributed by atoms with van der Waals surface area (Å²) in [5.41, 5.74) is 1.29. The molecular formula is C22H29N3O3. The third kappa shape index (κ3) is 5.70. The predicted octanol–water partition coefficient (Wildman–Crippen LogP) is 2.77. The van der Waals surface area contributed by atoms with Crippen molar-refractivity contribution >= 4 is 11.8 Å². The van der Waals surface area contributed by atoms with Gasteiger partial charge in [-0.05, 0) is 50.6 Å². The van der Waals surface area contributed by atoms with Gasteiger partial charge >= 0.3 is 0 Å². The van der Waals surface area contributed by atoms with Crippen LogP contribution in [0.15, 0.2) is 53.1 Å². The molecule has 1 fully saturated rings. The third-order valence-corrected chi connectivity index (χ3v) is 5.12. The van der Waals surface area contributed by atoms with Gasteiger partial charge in [-0.25, -0.2) is 0 Å². The fourth-order valence-corrected chi connectivity index (χ4v) is 3.61. The zero-order valence-electron chi connectivity index (χ0n) is 16.5. The molecule has 2 amide bonds. The minimum Gasteiger partial charge on any atom is -0.459 e. The average Bonchev–Trinajstić information content (AvgIpc) is 3.26. The van der Waals surface area contributed by atoms with Crippen LogP contribution in [-0.2, 0) is 11.3 Å². The van der Waals surface area contributed by atoms with Crippen LogP contribution in [0.4, 0.5) is 0 Å². The van der Waals surface area contributed by atoms with E-state index in [-0.39, 0.29) is 17.7 Å². The van der Waals surface area contributed by atoms with Gasteiger partial charge in [-0.1, -0.05) is 30.3 Å². The number of hydrogen-bond donors (Lipinski definition) is 1. The van der Waals surface area contributed by atoms with E-state index >= 15 is 0 Å². The number of benzene rings is 1. The zero-order valence-corrected chi connectivity index (χ0v) is 16.5. The zero-order chi connectivity index (χ0) is 19.8. The van der Waals surface area contributed by atoms with Crippen LogP contribution in [0.1, 0.15) is 35.4 Å². The summed E-state index contributed by atoms with van der Waals surface area (Å²) in [5.74, 6) is 0.102. The summed E-state index contributed by atoms with van der Waals surface area (Å²) in [7, 11) is 2.09. The number of rotatable bonds is 8. The Labute approximate surface area is 166 Å². The van der Waals surface area contributed by atoms with Crippen LogP contribution in [-0.4, -0.2) is 54.8 Å². The first kappa shape index (κ1) is 20.1. The maximum Gasteiger partial charge on any atom is 0.289 e. The summed E-state index contributed by atoms with van der Waals surface area (Å²) in [6.45, 7) is 3.61. The smallest absolute Gasteiger partial charge is 0.289 e. The third-order valence-electron chi connectivity index (χ3n) is 5.12. The molecular weight excluding hydrogens is 354 g/mol. The molecule has 2 aromatic rings. The van der Waals surface area contributed by atoms with Crippen molar-refractivity contribution in [2.24, 2.45) is 5.92 Å². The van der Waals surface area contributed by atoms with Gasteiger partial charge in [0.1, 0.15) is 0 Å². The lowest BCUT2D eigenvalue weighted by Crippen LogP contribution is -2.45. The number of furan rings is 1. The van der Waals surface area contributed by atoms with Crippen LogP contribution in [0.25, 0.3) is 0 Å². The summed E-state index contributed by atoms with van der Waals surface area (Å²) in [5, 5.41) is 3.04. The number of likely N-dealkylation sites (tertiary alicyclic amines) is 1. The summed E-state index contributed by atoms with van der Waals surface area (Å²) in [6, 6.07) is 13.7. The van der Waals surface area contributed by atoms with Crippen LogP contribution in [0.2, 0.25) is 0 Å². The van der Waals surface area contributed by atoms with Crippen LogP contribution in [0.5, 0.6) is 0 Å². The van der Waals surface area contributed by atoms with E-state index in [2.05, 4.69) is 29.4 Å². The summed E-state index contributed by atoms with van der Waals surface area (Å²) < 4.78 is 5.19. The van der Waals surface area contributed by atoms with Crippen LogP contribution >= 0.6 is 0 Å². The second-order valence-corrected chi connectivity index (χ2v) is 7.44. The van der Waals surface area contributed by atoms with Crippen molar-refractivity contribution in [3.05, 3.63) is 60.1 Å². The van der Waals surface area contributed by atoms with Gasteiger partial charge in [0.25, 0.3) is 5.91 Å². The molecule has 1 atom stereocenters. The Kier molecular flexibility index (Phi) is 7.25. The van der Waals surface area contributed by atoms with Gasteiger partial charge in [-0.2, -0.15) is 0 Å². The van der Waals surface area contributed by atoms with E-state index in [1.54, 1.807) is 17.0 Å². The second kappa shape index (κ2) is 10.1. The van der Waals surface area contributed by atoms with Crippen molar-refractivity contribution in [1.82, 2.24) is 15.1 Å². The van der Waals surface area contributed by atoms with Gasteiger partial charge in [0.05, 0.1) is 12.2 Å². The monoisotopic (exact) mass is 383 g/mol. The standard InChI is InChI=1S/C22H29N3O3/c1-24(16-18-8-3-2-4-9-18)13-7-12-23-21(26)19-10-5-14-25(17-19)22(27)20-11-6-15-28-20/h2-4,6,8-9,11,15,19H,5,7,10,12-14,16-17H2,1H3,(H,23,26). The summed E-state index contributed by atoms with van der Waals surface area (Å²) >= 11 is 0. The molecule has 0 radical (unpaired) electrons. The SMILES string of the molecule is CN(CCCNC(=O)C1CCCN(C(=O)c2ccco2)C1)Cc1ccccc1. The molecule has 1 aliphatic heterocycles. The number of nitrogens with one attached hydrogen (secondary N) is 1. The maximum absolute atomic E-state index is 12.5. The molecule has 1 N–H and O–H groups in total. The molecule has 1 aromatic carbocycles. The molecule has 1 saturated heterocycles. The fourth-order valence-electron chi connectivity index (χ4n) is 3.61. The van der Waals surface area contributed by atoms with Crippen LogP contribution in [0.3, 0.4) is 0 Å². The number of nitrogens with zero attached hydrogens (tertiary/aromatic N) is 2. The van der Waals surface area contributed by atoms with Crippen LogP contribution in [0, 0.1) is 5.92 Å². The van der Waals surface area contributed by atoms with Crippen molar-refractivity contribution < 1.29 is 14.0 Å². The van der Waals surface area contributed by atoms with Gasteiger partial charge in [0, 0.05) is 26.2 Å². The van der Waals surface area contributed by atoms with E-state index in [1.807, 2.05) is 18.2 Å². The lowest BCUT2D eigenvalue weighted by atomic mass is 9.97. The van der Waals surface area contributed by atoms with Crippen LogP contribution < -0.4 is 5.32 Å². The molecule has 28 heavy (non-hydrogen) atoms. The largest absolute Gasteiger partial charge is 0.459 e. The van der Waals surface area contributed by atoms with Crippen molar-refractivity contribution in [2.45, 2.75) is 25.8 Å². The van der Waals surface area contributed by atoms with Gasteiger partial charge < -0.3 is 19.5 Å². The van der Waals surface area contributed by atoms with Gasteiger partial charge in [0.2, 0.25) is 5.91 Å². The highest BCUT2D eigenvalue weighted by atomic mass is 16.3. The Morgan fingerprint density at radius 2 is 2.04 bits per heavy atom. The van der Waals surface area contributed by atoms with E-state index in [0.717, 1.165) is 32.4 Å². The molecule has 6 nitrogen and oxygen atoms in total. The Hall–Kier alpha value is -2.60. The number of amides is 2. The minimum atomic E-state index is -0.144. The summed E-state index contributed by atoms with van der Waals surface area (Å²) in [4.78, 5) is 28.9. The Morgan fingerprint density at radius 3 is 2.79 bits per heavy atom. The van der Waals surface area contributed by atoms with Gasteiger partial charge in [-0.15, -0.1) is 0 Å². The Balaban J connectivity index is 1.37. The molecule has 1 aromatic heterocycles. The van der Waals surface area contributed by atoms with Crippen molar-refractivity contribution in [3.63, 3.8) is 0 Å². The summed E-state index contributed by atoms with van der Waals surface area (Å²) in [6.07, 6.45) is 4.05. The van der Waals surface area contributed by atoms with Crippen molar-refractivity contribution in [3.8, 4) is 0 Å². The highest BCUT2D eigenvalue weighted by Crippen LogP contribution is 2.19. The lowest BCUT2D eigenvalue weighted by Gasteiger charge is -2.31. The van der Waals surface area contributed by atoms with E-state index in [4.69, 9.17) is 4.42 Å². The first-order chi connectivity index (χ1) is 13.6. The number of hydrogen-bond acceptors (Lipinski definition) is 4. The number of carbonyl (C=O) groups excluding carboxylic acids is 2. The number of carbonyl (C=O) groups is 2. The van der Waals surface area contributed by atoms with Crippen molar-refractivity contribution in [2.75, 3.05) is 33.2 Å². The molecule has 1 unspecified atom stereocenters. The van der Waals surface area contributed by atoms with E-state index in [1.165, 1.54) is 11.8 Å². The first-order valence-electron chi connectivity index (χ1n) is 9.96. The fraction of sp³-hybridized carbons (Fsp3) is 0.455. The Bertz CT molecular complexity index is 746. The lowest BCUT2D eigenvalue weighted by molar-refractivity contribution is -0.126. The topological polar surface area (TPSA) is 65.8 Å². The van der Waals surface area contributed by atoms with Crippen molar-refractivity contribution in [1.29, 1.82) is 0 Å². The Morgan fingerprint density at radius 1 is 1.21 bits per heavy atom. The maximum atomic E-state index is 12.5. The van der Waals surface area contributed by atoms with E-state index in [0.29, 0.717) is 25.4 Å². The molecule has 3 rings (SSSR count). The quantitative estimate of drug-likeness (QED) is 0.712. The molecule has 0 bridgehead atoms. The first-order valence-corrected chi connectivity index (χ1v) is 9.96. The second-order valence-electron chi connectivity index (χ2n) is 7.44. The molecule has 0 saturated carbocycles. The molecule has 0 aliphatic carbocycles. The highest BCUT2D eigenvalue weighted by molar-refractivity contribution is 5.92. The molecule has 6 heteroatoms. The molecule has 0 spiro atoms. The van der Waals surface area contributed by atoms with Gasteiger partial charge in [-0.3, -0.25) is 9.59 Å². The highest BCUT2D eigenvalue weighted by Gasteiger charge is 2.29. The molecule has 2 heterocycles. The molecule has 1 aliphatic rings. The molecule has 150 valence electrons. The normalized spacial score (nSPS) is 16.9. The average molecular weight is 383 g/mol. The van der Waals surface area contributed by atoms with Gasteiger partial charge in [0.15, 0.2) is 5.76 Å². The predicted molar refractivity (Wildman–Crippen MR) is 108 cm³/mol.